The van der Waals surface area contributed by atoms with E-state index in [9.17, 15) is 24.3 Å². The number of piperazine rings is 1. The molecule has 0 unspecified atom stereocenters. The maximum absolute atomic E-state index is 12.4. The normalized spacial score (nSPS) is 30.4. The topological polar surface area (TPSA) is 119 Å². The Balaban J connectivity index is 1.58. The predicted molar refractivity (Wildman–Crippen MR) is 84.8 cm³/mol. The van der Waals surface area contributed by atoms with Crippen LogP contribution in [0.3, 0.4) is 0 Å². The molecule has 3 fully saturated rings. The summed E-state index contributed by atoms with van der Waals surface area (Å²) < 4.78 is 0. The number of carbonyl (C=O) groups is 4. The van der Waals surface area contributed by atoms with Crippen LogP contribution in [0.5, 0.6) is 0 Å². The number of amides is 3. The summed E-state index contributed by atoms with van der Waals surface area (Å²) in [5, 5.41) is 16.2. The van der Waals surface area contributed by atoms with Gasteiger partial charge in [0.15, 0.2) is 0 Å². The highest BCUT2D eigenvalue weighted by molar-refractivity contribution is 5.98. The van der Waals surface area contributed by atoms with E-state index >= 15 is 0 Å². The number of fused-ring (bicyclic) bond motifs is 1. The van der Waals surface area contributed by atoms with E-state index in [2.05, 4.69) is 10.6 Å². The van der Waals surface area contributed by atoms with Gasteiger partial charge < -0.3 is 25.4 Å². The SMILES string of the molecule is O=C([O-])C[C@H]1NC(=O)[C@@H]2C[C@@H](NC(=O)C3CCCCC3)CCN2C1=O. The molecule has 2 heterocycles. The maximum atomic E-state index is 12.4. The van der Waals surface area contributed by atoms with Crippen LogP contribution in [0, 0.1) is 5.92 Å². The first-order chi connectivity index (χ1) is 12.0. The van der Waals surface area contributed by atoms with Crippen LogP contribution in [0.25, 0.3) is 0 Å². The summed E-state index contributed by atoms with van der Waals surface area (Å²) in [6.07, 6.45) is 5.59. The van der Waals surface area contributed by atoms with Gasteiger partial charge in [-0.25, -0.2) is 0 Å². The molecule has 2 aliphatic heterocycles. The summed E-state index contributed by atoms with van der Waals surface area (Å²) in [6.45, 7) is 0.343. The van der Waals surface area contributed by atoms with Crippen molar-refractivity contribution in [3.05, 3.63) is 0 Å². The quantitative estimate of drug-likeness (QED) is 0.652. The van der Waals surface area contributed by atoms with Gasteiger partial charge in [-0.3, -0.25) is 14.4 Å². The molecule has 8 heteroatoms. The van der Waals surface area contributed by atoms with Gasteiger partial charge in [-0.15, -0.1) is 0 Å². The van der Waals surface area contributed by atoms with Gasteiger partial charge in [0.25, 0.3) is 0 Å². The third-order valence-corrected chi connectivity index (χ3v) is 5.50. The van der Waals surface area contributed by atoms with E-state index in [4.69, 9.17) is 0 Å². The molecule has 0 bridgehead atoms. The lowest BCUT2D eigenvalue weighted by Crippen LogP contribution is -2.67. The van der Waals surface area contributed by atoms with Crippen molar-refractivity contribution in [1.29, 1.82) is 0 Å². The minimum atomic E-state index is -1.37. The van der Waals surface area contributed by atoms with Crippen molar-refractivity contribution < 1.29 is 24.3 Å². The number of aliphatic carboxylic acids is 1. The van der Waals surface area contributed by atoms with Gasteiger partial charge in [0, 0.05) is 30.9 Å². The van der Waals surface area contributed by atoms with Crippen molar-refractivity contribution in [2.45, 2.75) is 69.5 Å². The third-order valence-electron chi connectivity index (χ3n) is 5.50. The zero-order valence-electron chi connectivity index (χ0n) is 14.2. The average Bonchev–Trinajstić information content (AvgIpc) is 2.60. The fourth-order valence-electron chi connectivity index (χ4n) is 4.13. The minimum Gasteiger partial charge on any atom is -0.550 e. The molecule has 25 heavy (non-hydrogen) atoms. The summed E-state index contributed by atoms with van der Waals surface area (Å²) in [5.74, 6) is -2.00. The number of nitrogens with one attached hydrogen (secondary N) is 2. The highest BCUT2D eigenvalue weighted by Gasteiger charge is 2.44. The number of carboxylic acid groups (broad SMARTS) is 1. The molecule has 3 atom stereocenters. The first kappa shape index (κ1) is 17.7. The van der Waals surface area contributed by atoms with E-state index in [0.717, 1.165) is 25.7 Å². The van der Waals surface area contributed by atoms with Gasteiger partial charge in [0.1, 0.15) is 12.1 Å². The number of carboxylic acids is 1. The van der Waals surface area contributed by atoms with Crippen molar-refractivity contribution in [1.82, 2.24) is 15.5 Å². The van der Waals surface area contributed by atoms with Crippen LogP contribution >= 0.6 is 0 Å². The molecule has 138 valence electrons. The zero-order chi connectivity index (χ0) is 18.0. The standard InChI is InChI=1S/C17H25N3O5/c21-14(22)9-12-17(25)20-7-6-11(8-13(20)16(24)19-12)18-15(23)10-4-2-1-3-5-10/h10-13H,1-9H2,(H,18,23)(H,19,24)(H,21,22)/p-1/t11-,12+,13-/m0/s1. The van der Waals surface area contributed by atoms with Gasteiger partial charge in [-0.05, 0) is 25.7 Å². The molecule has 2 saturated heterocycles. The summed E-state index contributed by atoms with van der Waals surface area (Å²) in [5.41, 5.74) is 0. The number of hydrogen-bond acceptors (Lipinski definition) is 5. The Labute approximate surface area is 146 Å². The van der Waals surface area contributed by atoms with E-state index in [1.54, 1.807) is 0 Å². The highest BCUT2D eigenvalue weighted by atomic mass is 16.4. The van der Waals surface area contributed by atoms with Crippen LogP contribution < -0.4 is 15.7 Å². The van der Waals surface area contributed by atoms with Crippen LogP contribution in [-0.2, 0) is 19.2 Å². The fraction of sp³-hybridized carbons (Fsp3) is 0.765. The lowest BCUT2D eigenvalue weighted by atomic mass is 9.87. The average molecular weight is 350 g/mol. The van der Waals surface area contributed by atoms with Gasteiger partial charge in [0.2, 0.25) is 17.7 Å². The Bertz CT molecular complexity index is 573. The molecule has 0 spiro atoms. The van der Waals surface area contributed by atoms with Crippen molar-refractivity contribution in [2.75, 3.05) is 6.54 Å². The molecular formula is C17H24N3O5-. The molecule has 0 aromatic carbocycles. The highest BCUT2D eigenvalue weighted by Crippen LogP contribution is 2.26. The maximum Gasteiger partial charge on any atom is 0.246 e. The third kappa shape index (κ3) is 3.93. The number of carbonyl (C=O) groups excluding carboxylic acids is 4. The number of nitrogens with zero attached hydrogens (tertiary/aromatic N) is 1. The molecule has 3 amide bonds. The molecule has 0 aromatic rings. The van der Waals surface area contributed by atoms with Gasteiger partial charge >= 0.3 is 0 Å². The van der Waals surface area contributed by atoms with Crippen molar-refractivity contribution >= 4 is 23.7 Å². The van der Waals surface area contributed by atoms with Crippen molar-refractivity contribution in [2.24, 2.45) is 5.92 Å². The number of rotatable bonds is 4. The van der Waals surface area contributed by atoms with E-state index < -0.39 is 24.5 Å². The Morgan fingerprint density at radius 1 is 1.16 bits per heavy atom. The lowest BCUT2D eigenvalue weighted by molar-refractivity contribution is -0.306. The summed E-state index contributed by atoms with van der Waals surface area (Å²) >= 11 is 0. The smallest absolute Gasteiger partial charge is 0.246 e. The molecular weight excluding hydrogens is 326 g/mol. The molecule has 0 aromatic heterocycles. The van der Waals surface area contributed by atoms with Gasteiger partial charge in [0.05, 0.1) is 0 Å². The van der Waals surface area contributed by atoms with E-state index in [1.165, 1.54) is 11.3 Å². The zero-order valence-corrected chi connectivity index (χ0v) is 14.2. The molecule has 2 N–H and O–H groups in total. The lowest BCUT2D eigenvalue weighted by Gasteiger charge is -2.44. The predicted octanol–water partition coefficient (Wildman–Crippen LogP) is -1.32. The first-order valence-corrected chi connectivity index (χ1v) is 9.07. The van der Waals surface area contributed by atoms with Gasteiger partial charge in [-0.2, -0.15) is 0 Å². The second-order valence-electron chi connectivity index (χ2n) is 7.25. The van der Waals surface area contributed by atoms with Crippen LogP contribution in [-0.4, -0.2) is 53.3 Å². The first-order valence-electron chi connectivity index (χ1n) is 9.07. The minimum absolute atomic E-state index is 0.0514. The second-order valence-corrected chi connectivity index (χ2v) is 7.25. The molecule has 0 radical (unpaired) electrons. The van der Waals surface area contributed by atoms with Crippen molar-refractivity contribution in [3.8, 4) is 0 Å². The van der Waals surface area contributed by atoms with Crippen LogP contribution in [0.1, 0.15) is 51.4 Å². The Hall–Kier alpha value is -2.12. The van der Waals surface area contributed by atoms with Crippen molar-refractivity contribution in [3.63, 3.8) is 0 Å². The van der Waals surface area contributed by atoms with E-state index in [-0.39, 0.29) is 29.7 Å². The molecule has 3 aliphatic rings. The molecule has 3 rings (SSSR count). The number of hydrogen-bond donors (Lipinski definition) is 2. The molecule has 1 saturated carbocycles. The Morgan fingerprint density at radius 3 is 2.56 bits per heavy atom. The Kier molecular flexibility index (Phi) is 5.24. The molecule has 1 aliphatic carbocycles. The summed E-state index contributed by atoms with van der Waals surface area (Å²) in [7, 11) is 0. The van der Waals surface area contributed by atoms with E-state index in [1.807, 2.05) is 0 Å². The van der Waals surface area contributed by atoms with Crippen LogP contribution in [0.15, 0.2) is 0 Å². The summed E-state index contributed by atoms with van der Waals surface area (Å²) in [6, 6.07) is -1.83. The molecule has 8 nitrogen and oxygen atoms in total. The van der Waals surface area contributed by atoms with Crippen LogP contribution in [0.4, 0.5) is 0 Å². The fourth-order valence-corrected chi connectivity index (χ4v) is 4.13. The van der Waals surface area contributed by atoms with Crippen LogP contribution in [0.2, 0.25) is 0 Å². The van der Waals surface area contributed by atoms with Gasteiger partial charge in [-0.1, -0.05) is 19.3 Å². The van der Waals surface area contributed by atoms with E-state index in [0.29, 0.717) is 19.4 Å². The monoisotopic (exact) mass is 350 g/mol. The summed E-state index contributed by atoms with van der Waals surface area (Å²) in [4.78, 5) is 49.2. The Morgan fingerprint density at radius 2 is 1.88 bits per heavy atom. The number of piperidine rings is 1. The second kappa shape index (κ2) is 7.41. The largest absolute Gasteiger partial charge is 0.550 e.